The fraction of sp³-hybridized carbons (Fsp3) is 0.455. The topological polar surface area (TPSA) is 77.2 Å². The molecule has 2 atom stereocenters. The second-order valence-corrected chi connectivity index (χ2v) is 4.85. The molecule has 3 N–H and O–H groups in total. The van der Waals surface area contributed by atoms with E-state index in [1.807, 2.05) is 0 Å². The molecule has 1 saturated heterocycles. The van der Waals surface area contributed by atoms with Crippen molar-refractivity contribution in [3.63, 3.8) is 0 Å². The van der Waals surface area contributed by atoms with E-state index in [2.05, 4.69) is 26.2 Å². The van der Waals surface area contributed by atoms with Crippen molar-refractivity contribution in [2.75, 3.05) is 13.1 Å². The van der Waals surface area contributed by atoms with Gasteiger partial charge in [-0.3, -0.25) is 4.79 Å². The van der Waals surface area contributed by atoms with E-state index in [-0.39, 0.29) is 30.3 Å². The summed E-state index contributed by atoms with van der Waals surface area (Å²) in [6.07, 6.45) is 0.226. The van der Waals surface area contributed by atoms with Gasteiger partial charge < -0.3 is 15.8 Å². The second kappa shape index (κ2) is 7.02. The first-order chi connectivity index (χ1) is 8.58. The molecule has 2 rings (SSSR count). The Bertz CT molecular complexity index is 464. The Morgan fingerprint density at radius 1 is 1.63 bits per heavy atom. The summed E-state index contributed by atoms with van der Waals surface area (Å²) in [6, 6.07) is 1.46. The van der Waals surface area contributed by atoms with Crippen LogP contribution in [-0.2, 0) is 0 Å². The molecule has 8 heteroatoms. The van der Waals surface area contributed by atoms with E-state index in [9.17, 15) is 9.18 Å². The van der Waals surface area contributed by atoms with Crippen LogP contribution in [-0.4, -0.2) is 36.3 Å². The van der Waals surface area contributed by atoms with Crippen molar-refractivity contribution < 1.29 is 13.9 Å². The zero-order chi connectivity index (χ0) is 13.1. The van der Waals surface area contributed by atoms with Gasteiger partial charge in [0.2, 0.25) is 0 Å². The van der Waals surface area contributed by atoms with Crippen LogP contribution in [0.3, 0.4) is 0 Å². The Balaban J connectivity index is 0.00000180. The molecule has 0 bridgehead atoms. The maximum atomic E-state index is 13.6. The molecule has 0 spiro atoms. The summed E-state index contributed by atoms with van der Waals surface area (Å²) in [6.45, 7) is 0.932. The number of pyridine rings is 1. The van der Waals surface area contributed by atoms with Crippen LogP contribution in [0.2, 0.25) is 0 Å². The van der Waals surface area contributed by atoms with Crippen molar-refractivity contribution in [2.24, 2.45) is 5.73 Å². The number of alkyl halides is 1. The number of carbonyl (C=O) groups is 1. The summed E-state index contributed by atoms with van der Waals surface area (Å²) in [7, 11) is 0. The Morgan fingerprint density at radius 2 is 2.37 bits per heavy atom. The SMILES string of the molecule is Cl.NC(=O)c1cc(Br)ncc1O[C@H]1CCNC[C@@H]1F. The first kappa shape index (κ1) is 16.1. The number of ether oxygens (including phenoxy) is 1. The van der Waals surface area contributed by atoms with Crippen molar-refractivity contribution in [1.82, 2.24) is 10.3 Å². The lowest BCUT2D eigenvalue weighted by molar-refractivity contribution is 0.0710. The molecule has 0 radical (unpaired) electrons. The minimum absolute atomic E-state index is 0. The van der Waals surface area contributed by atoms with Gasteiger partial charge in [0.1, 0.15) is 16.9 Å². The summed E-state index contributed by atoms with van der Waals surface area (Å²) in [4.78, 5) is 15.2. The summed E-state index contributed by atoms with van der Waals surface area (Å²) in [5.74, 6) is -0.405. The van der Waals surface area contributed by atoms with Gasteiger partial charge in [0, 0.05) is 6.54 Å². The van der Waals surface area contributed by atoms with Gasteiger partial charge in [-0.05, 0) is 35.0 Å². The predicted octanol–water partition coefficient (Wildman–Crippen LogP) is 1.44. The number of primary amides is 1. The van der Waals surface area contributed by atoms with E-state index < -0.39 is 18.2 Å². The lowest BCUT2D eigenvalue weighted by Gasteiger charge is -2.27. The first-order valence-electron chi connectivity index (χ1n) is 5.54. The van der Waals surface area contributed by atoms with E-state index in [1.165, 1.54) is 12.3 Å². The van der Waals surface area contributed by atoms with Gasteiger partial charge in [0.15, 0.2) is 5.75 Å². The number of amides is 1. The quantitative estimate of drug-likeness (QED) is 0.805. The number of rotatable bonds is 3. The van der Waals surface area contributed by atoms with E-state index in [0.29, 0.717) is 17.6 Å². The third kappa shape index (κ3) is 4.02. The Kier molecular flexibility index (Phi) is 5.96. The standard InChI is InChI=1S/C11H13BrFN3O2.ClH/c12-10-3-6(11(14)17)9(5-16-10)18-8-1-2-15-4-7(8)13;/h3,5,7-8,15H,1-2,4H2,(H2,14,17);1H/t7-,8-;/m0./s1. The number of nitrogens with one attached hydrogen (secondary N) is 1. The zero-order valence-electron chi connectivity index (χ0n) is 9.94. The van der Waals surface area contributed by atoms with Gasteiger partial charge >= 0.3 is 0 Å². The van der Waals surface area contributed by atoms with Crippen molar-refractivity contribution in [2.45, 2.75) is 18.7 Å². The van der Waals surface area contributed by atoms with Crippen LogP contribution in [0.15, 0.2) is 16.9 Å². The van der Waals surface area contributed by atoms with Crippen LogP contribution in [0.1, 0.15) is 16.8 Å². The summed E-state index contributed by atoms with van der Waals surface area (Å²) in [5, 5.41) is 2.93. The minimum atomic E-state index is -1.11. The van der Waals surface area contributed by atoms with Gasteiger partial charge in [-0.1, -0.05) is 0 Å². The molecule has 0 saturated carbocycles. The van der Waals surface area contributed by atoms with Crippen molar-refractivity contribution in [1.29, 1.82) is 0 Å². The number of hydrogen-bond acceptors (Lipinski definition) is 4. The highest BCUT2D eigenvalue weighted by Crippen LogP contribution is 2.24. The van der Waals surface area contributed by atoms with Crippen LogP contribution < -0.4 is 15.8 Å². The lowest BCUT2D eigenvalue weighted by atomic mass is 10.1. The van der Waals surface area contributed by atoms with Crippen LogP contribution >= 0.6 is 28.3 Å². The van der Waals surface area contributed by atoms with E-state index in [4.69, 9.17) is 10.5 Å². The highest BCUT2D eigenvalue weighted by atomic mass is 79.9. The van der Waals surface area contributed by atoms with Crippen LogP contribution in [0.25, 0.3) is 0 Å². The lowest BCUT2D eigenvalue weighted by Crippen LogP contribution is -2.44. The molecule has 106 valence electrons. The molecule has 1 aliphatic heterocycles. The van der Waals surface area contributed by atoms with Gasteiger partial charge in [-0.2, -0.15) is 0 Å². The molecule has 1 aliphatic rings. The molecule has 1 aromatic rings. The summed E-state index contributed by atoms with van der Waals surface area (Å²) in [5.41, 5.74) is 5.45. The average Bonchev–Trinajstić information content (AvgIpc) is 2.34. The fourth-order valence-electron chi connectivity index (χ4n) is 1.80. The zero-order valence-corrected chi connectivity index (χ0v) is 12.3. The second-order valence-electron chi connectivity index (χ2n) is 4.03. The molecule has 19 heavy (non-hydrogen) atoms. The Morgan fingerprint density at radius 3 is 3.00 bits per heavy atom. The number of aromatic nitrogens is 1. The van der Waals surface area contributed by atoms with E-state index in [0.717, 1.165) is 0 Å². The number of carbonyl (C=O) groups excluding carboxylic acids is 1. The molecule has 1 amide bonds. The number of hydrogen-bond donors (Lipinski definition) is 2. The van der Waals surface area contributed by atoms with E-state index >= 15 is 0 Å². The molecular formula is C11H14BrClFN3O2. The maximum absolute atomic E-state index is 13.6. The van der Waals surface area contributed by atoms with Crippen molar-refractivity contribution in [3.05, 3.63) is 22.4 Å². The van der Waals surface area contributed by atoms with Crippen molar-refractivity contribution in [3.8, 4) is 5.75 Å². The number of halogens is 3. The predicted molar refractivity (Wildman–Crippen MR) is 74.5 cm³/mol. The molecule has 0 aromatic carbocycles. The summed E-state index contributed by atoms with van der Waals surface area (Å²) < 4.78 is 19.6. The van der Waals surface area contributed by atoms with Crippen LogP contribution in [0, 0.1) is 0 Å². The highest BCUT2D eigenvalue weighted by Gasteiger charge is 2.27. The monoisotopic (exact) mass is 353 g/mol. The molecule has 0 aliphatic carbocycles. The molecule has 0 unspecified atom stereocenters. The number of nitrogens with two attached hydrogens (primary N) is 1. The smallest absolute Gasteiger partial charge is 0.252 e. The minimum Gasteiger partial charge on any atom is -0.485 e. The van der Waals surface area contributed by atoms with E-state index in [1.54, 1.807) is 0 Å². The van der Waals surface area contributed by atoms with Crippen LogP contribution in [0.5, 0.6) is 5.75 Å². The summed E-state index contributed by atoms with van der Waals surface area (Å²) >= 11 is 3.14. The third-order valence-electron chi connectivity index (χ3n) is 2.73. The van der Waals surface area contributed by atoms with Gasteiger partial charge in [-0.25, -0.2) is 9.37 Å². The normalized spacial score (nSPS) is 22.4. The molecule has 1 fully saturated rings. The molecule has 5 nitrogen and oxygen atoms in total. The van der Waals surface area contributed by atoms with Crippen molar-refractivity contribution >= 4 is 34.2 Å². The highest BCUT2D eigenvalue weighted by molar-refractivity contribution is 9.10. The Labute approximate surface area is 124 Å². The molecule has 2 heterocycles. The van der Waals surface area contributed by atoms with Gasteiger partial charge in [0.25, 0.3) is 5.91 Å². The Hall–Kier alpha value is -0.920. The number of piperidine rings is 1. The fourth-order valence-corrected chi connectivity index (χ4v) is 2.13. The largest absolute Gasteiger partial charge is 0.485 e. The first-order valence-corrected chi connectivity index (χ1v) is 6.34. The number of nitrogens with zero attached hydrogens (tertiary/aromatic N) is 1. The third-order valence-corrected chi connectivity index (χ3v) is 3.16. The van der Waals surface area contributed by atoms with Crippen LogP contribution in [0.4, 0.5) is 4.39 Å². The molecular weight excluding hydrogens is 340 g/mol. The molecule has 1 aromatic heterocycles. The van der Waals surface area contributed by atoms with Gasteiger partial charge in [0.05, 0.1) is 11.8 Å². The van der Waals surface area contributed by atoms with Gasteiger partial charge in [-0.15, -0.1) is 12.4 Å². The average molecular weight is 355 g/mol. The maximum Gasteiger partial charge on any atom is 0.252 e.